The molecule has 0 radical (unpaired) electrons. The van der Waals surface area contributed by atoms with Crippen molar-refractivity contribution in [2.24, 2.45) is 0 Å². The number of rotatable bonds is 4. The van der Waals surface area contributed by atoms with Crippen molar-refractivity contribution in [3.63, 3.8) is 0 Å². The van der Waals surface area contributed by atoms with Crippen molar-refractivity contribution in [1.29, 1.82) is 0 Å². The molecule has 2 N–H and O–H groups in total. The van der Waals surface area contributed by atoms with Crippen molar-refractivity contribution in [3.8, 4) is 0 Å². The summed E-state index contributed by atoms with van der Waals surface area (Å²) in [6.07, 6.45) is -0.842. The summed E-state index contributed by atoms with van der Waals surface area (Å²) >= 11 is 0. The molecule has 1 aromatic carbocycles. The van der Waals surface area contributed by atoms with E-state index in [2.05, 4.69) is 5.32 Å². The third-order valence-corrected chi connectivity index (χ3v) is 2.32. The van der Waals surface area contributed by atoms with E-state index >= 15 is 0 Å². The molecule has 0 bridgehead atoms. The summed E-state index contributed by atoms with van der Waals surface area (Å²) in [5, 5.41) is 10.9. The Kier molecular flexibility index (Phi) is 4.51. The molecule has 5 heteroatoms. The van der Waals surface area contributed by atoms with E-state index < -0.39 is 12.1 Å². The van der Waals surface area contributed by atoms with Gasteiger partial charge in [-0.3, -0.25) is 4.79 Å². The Morgan fingerprint density at radius 3 is 2.35 bits per heavy atom. The molecule has 0 saturated carbocycles. The SMILES string of the molecule is CN(C)C(=O)[C@H](Cc1ccccc1)NC(=O)O. The molecule has 0 aliphatic carbocycles. The van der Waals surface area contributed by atoms with Gasteiger partial charge in [0, 0.05) is 20.5 Å². The summed E-state index contributed by atoms with van der Waals surface area (Å²) in [6, 6.07) is 8.56. The Hall–Kier alpha value is -2.04. The first-order valence-electron chi connectivity index (χ1n) is 5.25. The molecule has 0 heterocycles. The van der Waals surface area contributed by atoms with Gasteiger partial charge in [0.15, 0.2) is 0 Å². The van der Waals surface area contributed by atoms with E-state index in [1.54, 1.807) is 14.1 Å². The van der Waals surface area contributed by atoms with Crippen LogP contribution in [0, 0.1) is 0 Å². The first-order chi connectivity index (χ1) is 8.00. The van der Waals surface area contributed by atoms with Gasteiger partial charge in [-0.15, -0.1) is 0 Å². The van der Waals surface area contributed by atoms with Crippen molar-refractivity contribution >= 4 is 12.0 Å². The van der Waals surface area contributed by atoms with Gasteiger partial charge in [0.05, 0.1) is 0 Å². The number of nitrogens with zero attached hydrogens (tertiary/aromatic N) is 1. The maximum absolute atomic E-state index is 11.8. The minimum absolute atomic E-state index is 0.253. The van der Waals surface area contributed by atoms with Crippen LogP contribution in [0.4, 0.5) is 4.79 Å². The highest BCUT2D eigenvalue weighted by molar-refractivity contribution is 5.85. The zero-order chi connectivity index (χ0) is 12.8. The summed E-state index contributed by atoms with van der Waals surface area (Å²) in [5.74, 6) is -0.253. The molecule has 2 amide bonds. The zero-order valence-corrected chi connectivity index (χ0v) is 9.88. The van der Waals surface area contributed by atoms with Gasteiger partial charge in [-0.05, 0) is 5.56 Å². The second-order valence-corrected chi connectivity index (χ2v) is 3.92. The van der Waals surface area contributed by atoms with Gasteiger partial charge in [-0.1, -0.05) is 30.3 Å². The first kappa shape index (κ1) is 13.0. The molecule has 92 valence electrons. The van der Waals surface area contributed by atoms with Crippen LogP contribution in [-0.2, 0) is 11.2 Å². The fourth-order valence-corrected chi connectivity index (χ4v) is 1.51. The lowest BCUT2D eigenvalue weighted by atomic mass is 10.1. The number of carboxylic acid groups (broad SMARTS) is 1. The van der Waals surface area contributed by atoms with Crippen LogP contribution < -0.4 is 5.32 Å². The molecule has 1 aromatic rings. The Morgan fingerprint density at radius 2 is 1.88 bits per heavy atom. The van der Waals surface area contributed by atoms with Crippen molar-refractivity contribution in [2.75, 3.05) is 14.1 Å². The maximum Gasteiger partial charge on any atom is 0.405 e. The largest absolute Gasteiger partial charge is 0.465 e. The van der Waals surface area contributed by atoms with Crippen LogP contribution in [0.5, 0.6) is 0 Å². The molecule has 0 saturated heterocycles. The molecule has 0 spiro atoms. The van der Waals surface area contributed by atoms with Gasteiger partial charge in [-0.25, -0.2) is 4.79 Å². The quantitative estimate of drug-likeness (QED) is 0.817. The van der Waals surface area contributed by atoms with Gasteiger partial charge in [0.25, 0.3) is 0 Å². The molecular formula is C12H16N2O3. The minimum Gasteiger partial charge on any atom is -0.465 e. The number of carbonyl (C=O) groups excluding carboxylic acids is 1. The molecule has 0 aliphatic heterocycles. The summed E-state index contributed by atoms with van der Waals surface area (Å²) in [6.45, 7) is 0. The second kappa shape index (κ2) is 5.89. The fraction of sp³-hybridized carbons (Fsp3) is 0.333. The third kappa shape index (κ3) is 4.14. The number of hydrogen-bond acceptors (Lipinski definition) is 2. The van der Waals surface area contributed by atoms with E-state index in [4.69, 9.17) is 5.11 Å². The van der Waals surface area contributed by atoms with Crippen molar-refractivity contribution in [1.82, 2.24) is 10.2 Å². The normalized spacial score (nSPS) is 11.6. The number of carbonyl (C=O) groups is 2. The van der Waals surface area contributed by atoms with Crippen molar-refractivity contribution in [2.45, 2.75) is 12.5 Å². The van der Waals surface area contributed by atoms with Gasteiger partial charge in [-0.2, -0.15) is 0 Å². The van der Waals surface area contributed by atoms with Gasteiger partial charge in [0.1, 0.15) is 6.04 Å². The number of hydrogen-bond donors (Lipinski definition) is 2. The molecular weight excluding hydrogens is 220 g/mol. The smallest absolute Gasteiger partial charge is 0.405 e. The average molecular weight is 236 g/mol. The van der Waals surface area contributed by atoms with E-state index in [0.29, 0.717) is 6.42 Å². The van der Waals surface area contributed by atoms with Crippen LogP contribution in [0.3, 0.4) is 0 Å². The Morgan fingerprint density at radius 1 is 1.29 bits per heavy atom. The first-order valence-corrected chi connectivity index (χ1v) is 5.25. The van der Waals surface area contributed by atoms with Crippen LogP contribution in [0.2, 0.25) is 0 Å². The standard InChI is InChI=1S/C12H16N2O3/c1-14(2)11(15)10(13-12(16)17)8-9-6-4-3-5-7-9/h3-7,10,13H,8H2,1-2H3,(H,16,17)/t10-/m0/s1. The molecule has 17 heavy (non-hydrogen) atoms. The van der Waals surface area contributed by atoms with E-state index in [0.717, 1.165) is 5.56 Å². The van der Waals surface area contributed by atoms with Crippen LogP contribution in [0.1, 0.15) is 5.56 Å². The average Bonchev–Trinajstić information content (AvgIpc) is 2.28. The molecule has 0 aliphatic rings. The summed E-state index contributed by atoms with van der Waals surface area (Å²) in [7, 11) is 3.20. The second-order valence-electron chi connectivity index (χ2n) is 3.92. The summed E-state index contributed by atoms with van der Waals surface area (Å²) < 4.78 is 0. The highest BCUT2D eigenvalue weighted by Gasteiger charge is 2.22. The third-order valence-electron chi connectivity index (χ3n) is 2.32. The van der Waals surface area contributed by atoms with Gasteiger partial charge >= 0.3 is 6.09 Å². The Balaban J connectivity index is 2.77. The number of nitrogens with one attached hydrogen (secondary N) is 1. The number of likely N-dealkylation sites (N-methyl/N-ethyl adjacent to an activating group) is 1. The molecule has 0 unspecified atom stereocenters. The fourth-order valence-electron chi connectivity index (χ4n) is 1.51. The molecule has 0 aromatic heterocycles. The van der Waals surface area contributed by atoms with Crippen LogP contribution in [0.25, 0.3) is 0 Å². The van der Waals surface area contributed by atoms with Crippen LogP contribution in [0.15, 0.2) is 30.3 Å². The van der Waals surface area contributed by atoms with E-state index in [-0.39, 0.29) is 5.91 Å². The predicted molar refractivity (Wildman–Crippen MR) is 63.8 cm³/mol. The molecule has 1 atom stereocenters. The van der Waals surface area contributed by atoms with E-state index in [1.165, 1.54) is 4.90 Å². The lowest BCUT2D eigenvalue weighted by molar-refractivity contribution is -0.130. The van der Waals surface area contributed by atoms with Crippen molar-refractivity contribution in [3.05, 3.63) is 35.9 Å². The highest BCUT2D eigenvalue weighted by Crippen LogP contribution is 2.05. The molecule has 1 rings (SSSR count). The van der Waals surface area contributed by atoms with Gasteiger partial charge in [0.2, 0.25) is 5.91 Å². The van der Waals surface area contributed by atoms with Gasteiger partial charge < -0.3 is 15.3 Å². The summed E-state index contributed by atoms with van der Waals surface area (Å²) in [4.78, 5) is 23.8. The molecule has 5 nitrogen and oxygen atoms in total. The maximum atomic E-state index is 11.8. The van der Waals surface area contributed by atoms with E-state index in [9.17, 15) is 9.59 Å². The van der Waals surface area contributed by atoms with E-state index in [1.807, 2.05) is 30.3 Å². The summed E-state index contributed by atoms with van der Waals surface area (Å²) in [5.41, 5.74) is 0.918. The lowest BCUT2D eigenvalue weighted by Crippen LogP contribution is -2.47. The zero-order valence-electron chi connectivity index (χ0n) is 9.88. The van der Waals surface area contributed by atoms with Crippen LogP contribution >= 0.6 is 0 Å². The minimum atomic E-state index is -1.19. The highest BCUT2D eigenvalue weighted by atomic mass is 16.4. The van der Waals surface area contributed by atoms with Crippen LogP contribution in [-0.4, -0.2) is 42.1 Å². The predicted octanol–water partition coefficient (Wildman–Crippen LogP) is 0.953. The number of benzene rings is 1. The Bertz CT molecular complexity index is 390. The monoisotopic (exact) mass is 236 g/mol. The lowest BCUT2D eigenvalue weighted by Gasteiger charge is -2.20. The number of amides is 2. The molecule has 0 fully saturated rings. The Labute approximate surface area is 100 Å². The topological polar surface area (TPSA) is 69.6 Å². The van der Waals surface area contributed by atoms with Crippen molar-refractivity contribution < 1.29 is 14.7 Å².